The Labute approximate surface area is 134 Å². The summed E-state index contributed by atoms with van der Waals surface area (Å²) in [6, 6.07) is 10.7. The number of nitrogens with zero attached hydrogens (tertiary/aromatic N) is 1. The lowest BCUT2D eigenvalue weighted by molar-refractivity contribution is -0.122. The Kier molecular flexibility index (Phi) is 6.40. The summed E-state index contributed by atoms with van der Waals surface area (Å²) in [6.07, 6.45) is 5.12. The largest absolute Gasteiger partial charge is 0.354 e. The molecule has 0 spiro atoms. The number of amides is 1. The van der Waals surface area contributed by atoms with E-state index in [1.54, 1.807) is 0 Å². The van der Waals surface area contributed by atoms with E-state index in [0.29, 0.717) is 18.9 Å². The van der Waals surface area contributed by atoms with Crippen molar-refractivity contribution in [3.63, 3.8) is 0 Å². The minimum atomic E-state index is 0.130. The first-order valence-corrected chi connectivity index (χ1v) is 8.31. The van der Waals surface area contributed by atoms with Gasteiger partial charge in [0.1, 0.15) is 0 Å². The fourth-order valence-electron chi connectivity index (χ4n) is 3.28. The molecular weight excluding hydrogens is 274 g/mol. The molecule has 122 valence electrons. The Morgan fingerprint density at radius 2 is 1.95 bits per heavy atom. The van der Waals surface area contributed by atoms with Crippen LogP contribution in [-0.2, 0) is 4.79 Å². The second kappa shape index (κ2) is 8.30. The van der Waals surface area contributed by atoms with Crippen LogP contribution in [0.4, 0.5) is 0 Å². The van der Waals surface area contributed by atoms with Crippen molar-refractivity contribution in [3.8, 4) is 0 Å². The van der Waals surface area contributed by atoms with E-state index in [9.17, 15) is 4.79 Å². The zero-order valence-electron chi connectivity index (χ0n) is 13.8. The second-order valence-corrected chi connectivity index (χ2v) is 6.61. The van der Waals surface area contributed by atoms with E-state index in [4.69, 9.17) is 5.73 Å². The lowest BCUT2D eigenvalue weighted by atomic mass is 9.83. The smallest absolute Gasteiger partial charge is 0.220 e. The van der Waals surface area contributed by atoms with Crippen molar-refractivity contribution >= 4 is 5.91 Å². The molecule has 0 aliphatic heterocycles. The molecule has 4 nitrogen and oxygen atoms in total. The highest BCUT2D eigenvalue weighted by Gasteiger charge is 2.24. The molecule has 2 rings (SSSR count). The lowest BCUT2D eigenvalue weighted by Gasteiger charge is -2.29. The number of likely N-dealkylation sites (N-methyl/N-ethyl adjacent to an activating group) is 1. The molecule has 1 aliphatic rings. The maximum Gasteiger partial charge on any atom is 0.220 e. The third-order valence-corrected chi connectivity index (χ3v) is 4.72. The van der Waals surface area contributed by atoms with Crippen molar-refractivity contribution in [2.45, 2.75) is 44.2 Å². The predicted octanol–water partition coefficient (Wildman–Crippen LogP) is 2.31. The number of rotatable bonds is 6. The molecule has 0 aromatic heterocycles. The van der Waals surface area contributed by atoms with Gasteiger partial charge < -0.3 is 16.0 Å². The summed E-state index contributed by atoms with van der Waals surface area (Å²) in [5.74, 6) is 0.480. The van der Waals surface area contributed by atoms with E-state index in [-0.39, 0.29) is 18.0 Å². The number of nitrogens with one attached hydrogen (secondary N) is 1. The van der Waals surface area contributed by atoms with Crippen molar-refractivity contribution in [3.05, 3.63) is 35.9 Å². The summed E-state index contributed by atoms with van der Waals surface area (Å²) in [7, 11) is 4.09. The first-order chi connectivity index (χ1) is 10.6. The molecule has 22 heavy (non-hydrogen) atoms. The molecule has 0 radical (unpaired) electrons. The van der Waals surface area contributed by atoms with Crippen LogP contribution < -0.4 is 11.1 Å². The van der Waals surface area contributed by atoms with Gasteiger partial charge in [-0.1, -0.05) is 43.2 Å². The van der Waals surface area contributed by atoms with Gasteiger partial charge in [-0.15, -0.1) is 0 Å². The number of benzene rings is 1. The molecule has 1 aromatic rings. The summed E-state index contributed by atoms with van der Waals surface area (Å²) < 4.78 is 0. The summed E-state index contributed by atoms with van der Waals surface area (Å²) in [6.45, 7) is 0.637. The normalized spacial score (nSPS) is 23.3. The topological polar surface area (TPSA) is 58.4 Å². The molecule has 3 unspecified atom stereocenters. The molecule has 1 saturated carbocycles. The number of hydrogen-bond acceptors (Lipinski definition) is 3. The molecule has 0 heterocycles. The zero-order valence-corrected chi connectivity index (χ0v) is 13.8. The van der Waals surface area contributed by atoms with Gasteiger partial charge in [-0.2, -0.15) is 0 Å². The van der Waals surface area contributed by atoms with E-state index in [2.05, 4.69) is 22.3 Å². The van der Waals surface area contributed by atoms with Crippen LogP contribution in [0.5, 0.6) is 0 Å². The molecule has 1 amide bonds. The molecule has 3 atom stereocenters. The van der Waals surface area contributed by atoms with Crippen LogP contribution in [0.3, 0.4) is 0 Å². The first-order valence-electron chi connectivity index (χ1n) is 8.31. The third kappa shape index (κ3) is 4.82. The Morgan fingerprint density at radius 3 is 2.59 bits per heavy atom. The van der Waals surface area contributed by atoms with Crippen molar-refractivity contribution < 1.29 is 4.79 Å². The van der Waals surface area contributed by atoms with Crippen LogP contribution in [0.15, 0.2) is 30.3 Å². The van der Waals surface area contributed by atoms with Crippen LogP contribution in [-0.4, -0.2) is 37.5 Å². The van der Waals surface area contributed by atoms with Gasteiger partial charge >= 0.3 is 0 Å². The van der Waals surface area contributed by atoms with Crippen LogP contribution in [0.25, 0.3) is 0 Å². The van der Waals surface area contributed by atoms with E-state index in [1.807, 2.05) is 32.3 Å². The number of carbonyl (C=O) groups excluding carboxylic acids is 1. The highest BCUT2D eigenvalue weighted by atomic mass is 16.1. The third-order valence-electron chi connectivity index (χ3n) is 4.72. The molecule has 1 fully saturated rings. The zero-order chi connectivity index (χ0) is 15.9. The van der Waals surface area contributed by atoms with Gasteiger partial charge in [0.15, 0.2) is 0 Å². The molecule has 3 N–H and O–H groups in total. The molecule has 4 heteroatoms. The molecule has 1 aromatic carbocycles. The second-order valence-electron chi connectivity index (χ2n) is 6.61. The van der Waals surface area contributed by atoms with Gasteiger partial charge in [0.2, 0.25) is 5.91 Å². The highest BCUT2D eigenvalue weighted by molar-refractivity contribution is 5.76. The lowest BCUT2D eigenvalue weighted by Crippen LogP contribution is -2.39. The summed E-state index contributed by atoms with van der Waals surface area (Å²) >= 11 is 0. The van der Waals surface area contributed by atoms with Crippen LogP contribution >= 0.6 is 0 Å². The van der Waals surface area contributed by atoms with Gasteiger partial charge in [0.05, 0.1) is 6.04 Å². The van der Waals surface area contributed by atoms with Gasteiger partial charge in [0.25, 0.3) is 0 Å². The van der Waals surface area contributed by atoms with Crippen molar-refractivity contribution in [1.29, 1.82) is 0 Å². The van der Waals surface area contributed by atoms with Crippen molar-refractivity contribution in [2.24, 2.45) is 11.7 Å². The highest BCUT2D eigenvalue weighted by Crippen LogP contribution is 2.25. The maximum absolute atomic E-state index is 12.2. The Balaban J connectivity index is 1.85. The fourth-order valence-corrected chi connectivity index (χ4v) is 3.28. The quantitative estimate of drug-likeness (QED) is 0.848. The minimum Gasteiger partial charge on any atom is -0.354 e. The predicted molar refractivity (Wildman–Crippen MR) is 90.4 cm³/mol. The maximum atomic E-state index is 12.2. The number of carbonyl (C=O) groups is 1. The average molecular weight is 303 g/mol. The SMILES string of the molecule is CN(C)C(CNC(=O)CC1CCCCC1N)c1ccccc1. The monoisotopic (exact) mass is 303 g/mol. The van der Waals surface area contributed by atoms with Crippen LogP contribution in [0.2, 0.25) is 0 Å². The average Bonchev–Trinajstić information content (AvgIpc) is 2.50. The first kappa shape index (κ1) is 17.0. The van der Waals surface area contributed by atoms with Gasteiger partial charge in [-0.3, -0.25) is 4.79 Å². The van der Waals surface area contributed by atoms with Crippen LogP contribution in [0, 0.1) is 5.92 Å². The van der Waals surface area contributed by atoms with Crippen molar-refractivity contribution in [1.82, 2.24) is 10.2 Å². The summed E-state index contributed by atoms with van der Waals surface area (Å²) in [4.78, 5) is 14.4. The number of hydrogen-bond donors (Lipinski definition) is 2. The number of nitrogens with two attached hydrogens (primary N) is 1. The molecular formula is C18H29N3O. The van der Waals surface area contributed by atoms with E-state index >= 15 is 0 Å². The molecule has 0 saturated heterocycles. The van der Waals surface area contributed by atoms with Gasteiger partial charge in [0, 0.05) is 19.0 Å². The molecule has 1 aliphatic carbocycles. The van der Waals surface area contributed by atoms with Crippen molar-refractivity contribution in [2.75, 3.05) is 20.6 Å². The van der Waals surface area contributed by atoms with Crippen LogP contribution in [0.1, 0.15) is 43.7 Å². The summed E-state index contributed by atoms with van der Waals surface area (Å²) in [5, 5.41) is 3.09. The van der Waals surface area contributed by atoms with Gasteiger partial charge in [-0.05, 0) is 38.4 Å². The van der Waals surface area contributed by atoms with E-state index < -0.39 is 0 Å². The molecule has 0 bridgehead atoms. The minimum absolute atomic E-state index is 0.130. The summed E-state index contributed by atoms with van der Waals surface area (Å²) in [5.41, 5.74) is 7.36. The fraction of sp³-hybridized carbons (Fsp3) is 0.611. The Hall–Kier alpha value is -1.39. The Morgan fingerprint density at radius 1 is 1.27 bits per heavy atom. The van der Waals surface area contributed by atoms with Gasteiger partial charge in [-0.25, -0.2) is 0 Å². The van der Waals surface area contributed by atoms with E-state index in [1.165, 1.54) is 18.4 Å². The Bertz CT molecular complexity index is 461. The standard InChI is InChI=1S/C18H29N3O/c1-21(2)17(14-8-4-3-5-9-14)13-20-18(22)12-15-10-6-7-11-16(15)19/h3-5,8-9,15-17H,6-7,10-13,19H2,1-2H3,(H,20,22). The van der Waals surface area contributed by atoms with E-state index in [0.717, 1.165) is 12.8 Å².